The summed E-state index contributed by atoms with van der Waals surface area (Å²) in [5.41, 5.74) is 1.13. The molecule has 4 aromatic rings. The lowest BCUT2D eigenvalue weighted by Crippen LogP contribution is -2.29. The number of anilines is 2. The maximum Gasteiger partial charge on any atom is 0.323 e. The van der Waals surface area contributed by atoms with E-state index in [1.807, 2.05) is 48.5 Å². The number of benzene rings is 2. The molecule has 2 aromatic carbocycles. The Hall–Kier alpha value is -3.53. The molecular weight excluding hydrogens is 521 g/mol. The molecule has 4 rings (SSSR count). The minimum Gasteiger partial charge on any atom is -0.497 e. The van der Waals surface area contributed by atoms with E-state index in [1.165, 1.54) is 17.1 Å². The van der Waals surface area contributed by atoms with E-state index in [2.05, 4.69) is 20.7 Å². The minimum atomic E-state index is -0.677. The molecule has 0 spiro atoms. The fraction of sp³-hybridized carbons (Fsp3) is 0.120. The molecule has 0 radical (unpaired) electrons. The number of hydrogen-bond acceptors (Lipinski definition) is 6. The average Bonchev–Trinajstić information content (AvgIpc) is 2.88. The van der Waals surface area contributed by atoms with Crippen molar-refractivity contribution in [3.8, 4) is 17.0 Å². The molecule has 0 saturated heterocycles. The summed E-state index contributed by atoms with van der Waals surface area (Å²) in [5.74, 6) is 0.774. The van der Waals surface area contributed by atoms with Gasteiger partial charge in [-0.05, 0) is 43.3 Å². The number of amides is 2. The number of carbonyl (C=O) groups is 1. The largest absolute Gasteiger partial charge is 0.497 e. The van der Waals surface area contributed by atoms with E-state index in [4.69, 9.17) is 27.9 Å². The van der Waals surface area contributed by atoms with E-state index in [1.54, 1.807) is 31.9 Å². The van der Waals surface area contributed by atoms with Crippen molar-refractivity contribution < 1.29 is 9.53 Å². The van der Waals surface area contributed by atoms with Gasteiger partial charge in [-0.25, -0.2) is 9.48 Å². The van der Waals surface area contributed by atoms with E-state index >= 15 is 0 Å². The van der Waals surface area contributed by atoms with Crippen molar-refractivity contribution in [2.75, 3.05) is 17.7 Å². The van der Waals surface area contributed by atoms with E-state index in [0.717, 1.165) is 21.1 Å². The van der Waals surface area contributed by atoms with Gasteiger partial charge in [0, 0.05) is 34.3 Å². The molecule has 0 unspecified atom stereocenters. The van der Waals surface area contributed by atoms with Gasteiger partial charge in [0.15, 0.2) is 0 Å². The summed E-state index contributed by atoms with van der Waals surface area (Å²) in [7, 11) is 1.63. The summed E-state index contributed by atoms with van der Waals surface area (Å²) in [6.45, 7) is 2.12. The Labute approximate surface area is 221 Å². The minimum absolute atomic E-state index is 0.0616. The lowest BCUT2D eigenvalue weighted by Gasteiger charge is -2.13. The Kier molecular flexibility index (Phi) is 8.14. The number of aromatic nitrogens is 3. The van der Waals surface area contributed by atoms with Crippen molar-refractivity contribution in [3.63, 3.8) is 0 Å². The molecule has 2 heterocycles. The zero-order valence-electron chi connectivity index (χ0n) is 19.3. The summed E-state index contributed by atoms with van der Waals surface area (Å²) in [6, 6.07) is 16.4. The number of urea groups is 1. The van der Waals surface area contributed by atoms with Crippen LogP contribution in [0.5, 0.6) is 5.75 Å². The molecule has 2 aromatic heterocycles. The van der Waals surface area contributed by atoms with Crippen molar-refractivity contribution in [1.82, 2.24) is 14.8 Å². The maximum atomic E-state index is 12.9. The molecule has 11 heteroatoms. The Balaban J connectivity index is 1.62. The van der Waals surface area contributed by atoms with E-state index < -0.39 is 11.6 Å². The number of carbonyl (C=O) groups excluding carboxylic acids is 1. The fourth-order valence-electron chi connectivity index (χ4n) is 3.30. The number of aryl methyl sites for hydroxylation is 1. The molecule has 0 fully saturated rings. The summed E-state index contributed by atoms with van der Waals surface area (Å²) < 4.78 is 6.60. The first-order chi connectivity index (χ1) is 17.4. The van der Waals surface area contributed by atoms with Gasteiger partial charge in [0.05, 0.1) is 28.5 Å². The standard InChI is InChI=1S/C25H21Cl2N5O3S/c1-3-32-24(33)22(29-25(34)30-23-19(26)13-28-14-20(23)27)12-21(31-32)15-6-4-8-17(10-15)36-18-9-5-7-16(11-18)35-2/h4-14H,3H2,1-2H3,(H2,28,29,30,34). The molecule has 8 nitrogen and oxygen atoms in total. The van der Waals surface area contributed by atoms with Crippen molar-refractivity contribution in [3.05, 3.63) is 87.4 Å². The second-order valence-electron chi connectivity index (χ2n) is 7.43. The van der Waals surface area contributed by atoms with E-state index in [9.17, 15) is 9.59 Å². The van der Waals surface area contributed by atoms with Gasteiger partial charge in [-0.2, -0.15) is 5.10 Å². The second kappa shape index (κ2) is 11.5. The normalized spacial score (nSPS) is 10.7. The molecule has 0 bridgehead atoms. The summed E-state index contributed by atoms with van der Waals surface area (Å²) >= 11 is 13.7. The third kappa shape index (κ3) is 5.99. The maximum absolute atomic E-state index is 12.9. The van der Waals surface area contributed by atoms with Crippen LogP contribution in [-0.2, 0) is 6.54 Å². The highest BCUT2D eigenvalue weighted by Gasteiger charge is 2.15. The topological polar surface area (TPSA) is 98.1 Å². The molecule has 2 amide bonds. The van der Waals surface area contributed by atoms with Crippen LogP contribution >= 0.6 is 35.0 Å². The van der Waals surface area contributed by atoms with Crippen LogP contribution < -0.4 is 20.9 Å². The van der Waals surface area contributed by atoms with Gasteiger partial charge in [-0.1, -0.05) is 53.2 Å². The molecule has 36 heavy (non-hydrogen) atoms. The van der Waals surface area contributed by atoms with Crippen LogP contribution in [0.1, 0.15) is 6.92 Å². The number of ether oxygens (including phenoxy) is 1. The van der Waals surface area contributed by atoms with Crippen molar-refractivity contribution in [2.45, 2.75) is 23.3 Å². The highest BCUT2D eigenvalue weighted by Crippen LogP contribution is 2.33. The molecule has 0 aliphatic rings. The number of rotatable bonds is 7. The van der Waals surface area contributed by atoms with Crippen LogP contribution in [0.25, 0.3) is 11.3 Å². The highest BCUT2D eigenvalue weighted by molar-refractivity contribution is 7.99. The average molecular weight is 542 g/mol. The van der Waals surface area contributed by atoms with Crippen LogP contribution in [0.4, 0.5) is 16.2 Å². The predicted octanol–water partition coefficient (Wildman–Crippen LogP) is 6.44. The zero-order valence-corrected chi connectivity index (χ0v) is 21.6. The number of nitrogens with zero attached hydrogens (tertiary/aromatic N) is 3. The SMILES string of the molecule is CCn1nc(-c2cccc(Sc3cccc(OC)c3)c2)cc(NC(=O)Nc2c(Cl)cncc2Cl)c1=O. The van der Waals surface area contributed by atoms with Crippen molar-refractivity contribution in [2.24, 2.45) is 0 Å². The first-order valence-corrected chi connectivity index (χ1v) is 12.4. The molecule has 0 saturated carbocycles. The Morgan fingerprint density at radius 1 is 1.03 bits per heavy atom. The number of nitrogens with one attached hydrogen (secondary N) is 2. The Morgan fingerprint density at radius 2 is 1.72 bits per heavy atom. The predicted molar refractivity (Wildman–Crippen MR) is 144 cm³/mol. The van der Waals surface area contributed by atoms with Crippen LogP contribution in [0, 0.1) is 0 Å². The van der Waals surface area contributed by atoms with Crippen LogP contribution in [0.2, 0.25) is 10.0 Å². The Bertz CT molecular complexity index is 1460. The number of methoxy groups -OCH3 is 1. The number of halogens is 2. The van der Waals surface area contributed by atoms with Crippen LogP contribution in [0.3, 0.4) is 0 Å². The van der Waals surface area contributed by atoms with E-state index in [0.29, 0.717) is 12.2 Å². The van der Waals surface area contributed by atoms with Crippen molar-refractivity contribution in [1.29, 1.82) is 0 Å². The molecular formula is C25H21Cl2N5O3S. The Morgan fingerprint density at radius 3 is 2.42 bits per heavy atom. The van der Waals surface area contributed by atoms with Gasteiger partial charge in [0.2, 0.25) is 0 Å². The van der Waals surface area contributed by atoms with Crippen LogP contribution in [0.15, 0.2) is 81.6 Å². The van der Waals surface area contributed by atoms with Crippen molar-refractivity contribution >= 4 is 52.4 Å². The quantitative estimate of drug-likeness (QED) is 0.279. The molecule has 184 valence electrons. The summed E-state index contributed by atoms with van der Waals surface area (Å²) in [4.78, 5) is 31.4. The van der Waals surface area contributed by atoms with Gasteiger partial charge in [-0.3, -0.25) is 9.78 Å². The molecule has 0 aliphatic carbocycles. The first kappa shape index (κ1) is 25.6. The number of hydrogen-bond donors (Lipinski definition) is 2. The van der Waals surface area contributed by atoms with Gasteiger partial charge in [0.25, 0.3) is 5.56 Å². The van der Waals surface area contributed by atoms with Gasteiger partial charge in [-0.15, -0.1) is 0 Å². The molecule has 2 N–H and O–H groups in total. The third-order valence-corrected chi connectivity index (χ3v) is 6.57. The van der Waals surface area contributed by atoms with Gasteiger partial charge >= 0.3 is 6.03 Å². The monoisotopic (exact) mass is 541 g/mol. The lowest BCUT2D eigenvalue weighted by atomic mass is 10.1. The lowest BCUT2D eigenvalue weighted by molar-refractivity contribution is 0.262. The second-order valence-corrected chi connectivity index (χ2v) is 9.39. The van der Waals surface area contributed by atoms with Crippen LogP contribution in [-0.4, -0.2) is 27.9 Å². The molecule has 0 atom stereocenters. The highest BCUT2D eigenvalue weighted by atomic mass is 35.5. The van der Waals surface area contributed by atoms with E-state index in [-0.39, 0.29) is 21.4 Å². The smallest absolute Gasteiger partial charge is 0.323 e. The zero-order chi connectivity index (χ0) is 25.7. The third-order valence-electron chi connectivity index (χ3n) is 5.02. The fourth-order valence-corrected chi connectivity index (χ4v) is 4.69. The number of pyridine rings is 1. The summed E-state index contributed by atoms with van der Waals surface area (Å²) in [6.07, 6.45) is 2.71. The molecule has 0 aliphatic heterocycles. The summed E-state index contributed by atoms with van der Waals surface area (Å²) in [5, 5.41) is 9.96. The van der Waals surface area contributed by atoms with Gasteiger partial charge in [0.1, 0.15) is 11.4 Å². The first-order valence-electron chi connectivity index (χ1n) is 10.8. The van der Waals surface area contributed by atoms with Gasteiger partial charge < -0.3 is 15.4 Å².